The van der Waals surface area contributed by atoms with Crippen LogP contribution in [0.2, 0.25) is 0 Å². The SMILES string of the molecule is O[C@@H]1c2ccccc2OC[C@@H]1N1CCCCC1. The summed E-state index contributed by atoms with van der Waals surface area (Å²) in [6, 6.07) is 7.95. The van der Waals surface area contributed by atoms with Gasteiger partial charge in [0.2, 0.25) is 0 Å². The van der Waals surface area contributed by atoms with Crippen molar-refractivity contribution in [2.24, 2.45) is 0 Å². The zero-order valence-electron chi connectivity index (χ0n) is 10.0. The Labute approximate surface area is 102 Å². The van der Waals surface area contributed by atoms with Gasteiger partial charge in [-0.2, -0.15) is 0 Å². The molecule has 3 rings (SSSR count). The molecule has 0 aliphatic carbocycles. The molecule has 1 aromatic carbocycles. The number of ether oxygens (including phenoxy) is 1. The summed E-state index contributed by atoms with van der Waals surface area (Å²) in [6.45, 7) is 2.79. The summed E-state index contributed by atoms with van der Waals surface area (Å²) in [5.74, 6) is 0.841. The number of piperidine rings is 1. The molecule has 0 radical (unpaired) electrons. The van der Waals surface area contributed by atoms with E-state index in [1.54, 1.807) is 0 Å². The van der Waals surface area contributed by atoms with Crippen molar-refractivity contribution in [1.82, 2.24) is 4.90 Å². The molecule has 0 saturated carbocycles. The van der Waals surface area contributed by atoms with Crippen molar-refractivity contribution in [2.45, 2.75) is 31.4 Å². The first kappa shape index (κ1) is 11.1. The zero-order valence-corrected chi connectivity index (χ0v) is 10.0. The van der Waals surface area contributed by atoms with Gasteiger partial charge in [0.25, 0.3) is 0 Å². The molecule has 1 saturated heterocycles. The van der Waals surface area contributed by atoms with Gasteiger partial charge in [0.05, 0.1) is 6.04 Å². The number of aliphatic hydroxyl groups excluding tert-OH is 1. The Kier molecular flexibility index (Phi) is 3.04. The van der Waals surface area contributed by atoms with Crippen molar-refractivity contribution in [1.29, 1.82) is 0 Å². The van der Waals surface area contributed by atoms with Gasteiger partial charge in [-0.15, -0.1) is 0 Å². The predicted octanol–water partition coefficient (Wildman–Crippen LogP) is 1.97. The smallest absolute Gasteiger partial charge is 0.125 e. The molecule has 3 nitrogen and oxygen atoms in total. The van der Waals surface area contributed by atoms with E-state index in [0.717, 1.165) is 24.4 Å². The van der Waals surface area contributed by atoms with Crippen LogP contribution in [-0.4, -0.2) is 35.7 Å². The molecule has 3 heteroatoms. The van der Waals surface area contributed by atoms with Crippen LogP contribution in [0.5, 0.6) is 5.75 Å². The number of aliphatic hydroxyl groups is 1. The number of nitrogens with zero attached hydrogens (tertiary/aromatic N) is 1. The van der Waals surface area contributed by atoms with E-state index in [1.165, 1.54) is 19.3 Å². The van der Waals surface area contributed by atoms with Gasteiger partial charge in [-0.1, -0.05) is 24.6 Å². The number of rotatable bonds is 1. The van der Waals surface area contributed by atoms with Crippen LogP contribution in [0.3, 0.4) is 0 Å². The van der Waals surface area contributed by atoms with Gasteiger partial charge in [0.15, 0.2) is 0 Å². The number of benzene rings is 1. The highest BCUT2D eigenvalue weighted by Gasteiger charge is 2.33. The predicted molar refractivity (Wildman–Crippen MR) is 66.1 cm³/mol. The van der Waals surface area contributed by atoms with E-state index in [1.807, 2.05) is 24.3 Å². The van der Waals surface area contributed by atoms with Gasteiger partial charge >= 0.3 is 0 Å². The fourth-order valence-corrected chi connectivity index (χ4v) is 2.89. The number of hydrogen-bond acceptors (Lipinski definition) is 3. The Morgan fingerprint density at radius 3 is 2.71 bits per heavy atom. The number of fused-ring (bicyclic) bond motifs is 1. The van der Waals surface area contributed by atoms with E-state index in [9.17, 15) is 5.11 Å². The van der Waals surface area contributed by atoms with E-state index in [-0.39, 0.29) is 6.04 Å². The van der Waals surface area contributed by atoms with E-state index in [4.69, 9.17) is 4.74 Å². The van der Waals surface area contributed by atoms with Gasteiger partial charge in [-0.3, -0.25) is 4.90 Å². The van der Waals surface area contributed by atoms with Crippen molar-refractivity contribution < 1.29 is 9.84 Å². The monoisotopic (exact) mass is 233 g/mol. The normalized spacial score (nSPS) is 29.5. The molecule has 2 aliphatic heterocycles. The first-order chi connectivity index (χ1) is 8.36. The maximum absolute atomic E-state index is 10.5. The Morgan fingerprint density at radius 2 is 1.88 bits per heavy atom. The van der Waals surface area contributed by atoms with Crippen molar-refractivity contribution in [3.63, 3.8) is 0 Å². The summed E-state index contributed by atoms with van der Waals surface area (Å²) in [6.07, 6.45) is 3.39. The highest BCUT2D eigenvalue weighted by Crippen LogP contribution is 2.34. The molecule has 1 fully saturated rings. The zero-order chi connectivity index (χ0) is 11.7. The van der Waals surface area contributed by atoms with Crippen molar-refractivity contribution in [3.8, 4) is 5.75 Å². The van der Waals surface area contributed by atoms with Crippen LogP contribution < -0.4 is 4.74 Å². The average molecular weight is 233 g/mol. The van der Waals surface area contributed by atoms with Crippen molar-refractivity contribution >= 4 is 0 Å². The van der Waals surface area contributed by atoms with Crippen molar-refractivity contribution in [2.75, 3.05) is 19.7 Å². The summed E-state index contributed by atoms with van der Waals surface area (Å²) >= 11 is 0. The maximum atomic E-state index is 10.5. The lowest BCUT2D eigenvalue weighted by Gasteiger charge is -2.40. The first-order valence-corrected chi connectivity index (χ1v) is 6.50. The van der Waals surface area contributed by atoms with Gasteiger partial charge in [0.1, 0.15) is 18.5 Å². The molecule has 1 aromatic rings. The Hall–Kier alpha value is -1.06. The molecule has 0 aromatic heterocycles. The second-order valence-corrected chi connectivity index (χ2v) is 4.96. The molecule has 2 heterocycles. The molecule has 0 amide bonds. The van der Waals surface area contributed by atoms with Crippen LogP contribution in [0.15, 0.2) is 24.3 Å². The molecule has 0 unspecified atom stereocenters. The van der Waals surface area contributed by atoms with Crippen LogP contribution in [0.1, 0.15) is 30.9 Å². The summed E-state index contributed by atoms with van der Waals surface area (Å²) < 4.78 is 5.76. The summed E-state index contributed by atoms with van der Waals surface area (Å²) in [7, 11) is 0. The van der Waals surface area contributed by atoms with E-state index < -0.39 is 6.10 Å². The summed E-state index contributed by atoms with van der Waals surface area (Å²) in [4.78, 5) is 2.38. The summed E-state index contributed by atoms with van der Waals surface area (Å²) in [5.41, 5.74) is 0.939. The third kappa shape index (κ3) is 2.05. The van der Waals surface area contributed by atoms with Crippen LogP contribution in [0.4, 0.5) is 0 Å². The molecule has 0 spiro atoms. The quantitative estimate of drug-likeness (QED) is 0.805. The third-order valence-electron chi connectivity index (χ3n) is 3.87. The second-order valence-electron chi connectivity index (χ2n) is 4.96. The maximum Gasteiger partial charge on any atom is 0.125 e. The Bertz CT molecular complexity index is 388. The first-order valence-electron chi connectivity index (χ1n) is 6.50. The fourth-order valence-electron chi connectivity index (χ4n) is 2.89. The molecule has 2 aliphatic rings. The van der Waals surface area contributed by atoms with Gasteiger partial charge in [-0.25, -0.2) is 0 Å². The molecule has 0 bridgehead atoms. The molecular formula is C14H19NO2. The highest BCUT2D eigenvalue weighted by molar-refractivity contribution is 5.37. The molecule has 2 atom stereocenters. The van der Waals surface area contributed by atoms with Gasteiger partial charge in [-0.05, 0) is 32.0 Å². The number of para-hydroxylation sites is 1. The third-order valence-corrected chi connectivity index (χ3v) is 3.87. The molecule has 17 heavy (non-hydrogen) atoms. The minimum absolute atomic E-state index is 0.130. The minimum atomic E-state index is -0.405. The fraction of sp³-hybridized carbons (Fsp3) is 0.571. The molecule has 92 valence electrons. The van der Waals surface area contributed by atoms with Crippen LogP contribution >= 0.6 is 0 Å². The Morgan fingerprint density at radius 1 is 1.12 bits per heavy atom. The van der Waals surface area contributed by atoms with E-state index in [2.05, 4.69) is 4.90 Å². The number of hydrogen-bond donors (Lipinski definition) is 1. The lowest BCUT2D eigenvalue weighted by atomic mass is 9.96. The molecule has 1 N–H and O–H groups in total. The van der Waals surface area contributed by atoms with Gasteiger partial charge in [0, 0.05) is 5.56 Å². The lowest BCUT2D eigenvalue weighted by molar-refractivity contribution is -0.00433. The average Bonchev–Trinajstić information content (AvgIpc) is 2.40. The van der Waals surface area contributed by atoms with E-state index in [0.29, 0.717) is 6.61 Å². The van der Waals surface area contributed by atoms with E-state index >= 15 is 0 Å². The Balaban J connectivity index is 1.81. The van der Waals surface area contributed by atoms with Crippen molar-refractivity contribution in [3.05, 3.63) is 29.8 Å². The summed E-state index contributed by atoms with van der Waals surface area (Å²) in [5, 5.41) is 10.5. The van der Waals surface area contributed by atoms with Crippen LogP contribution in [0.25, 0.3) is 0 Å². The standard InChI is InChI=1S/C14H19NO2/c16-14-11-6-2-3-7-13(11)17-10-12(14)15-8-4-1-5-9-15/h2-3,6-7,12,14,16H,1,4-5,8-10H2/t12-,14+/m0/s1. The lowest BCUT2D eigenvalue weighted by Crippen LogP contribution is -2.48. The number of likely N-dealkylation sites (tertiary alicyclic amines) is 1. The highest BCUT2D eigenvalue weighted by atomic mass is 16.5. The van der Waals surface area contributed by atoms with Crippen LogP contribution in [-0.2, 0) is 0 Å². The minimum Gasteiger partial charge on any atom is -0.491 e. The molecular weight excluding hydrogens is 214 g/mol. The largest absolute Gasteiger partial charge is 0.491 e. The topological polar surface area (TPSA) is 32.7 Å². The van der Waals surface area contributed by atoms with Crippen LogP contribution in [0, 0.1) is 0 Å². The van der Waals surface area contributed by atoms with Gasteiger partial charge < -0.3 is 9.84 Å². The second kappa shape index (κ2) is 4.67.